The maximum Gasteiger partial charge on any atom is 0.407 e. The zero-order valence-electron chi connectivity index (χ0n) is 23.3. The Kier molecular flexibility index (Phi) is 8.87. The summed E-state index contributed by atoms with van der Waals surface area (Å²) in [5, 5.41) is 9.91. The molecule has 1 fully saturated rings. The monoisotopic (exact) mass is 557 g/mol. The molecule has 0 saturated carbocycles. The Labute approximate surface area is 240 Å². The van der Waals surface area contributed by atoms with E-state index < -0.39 is 6.09 Å². The summed E-state index contributed by atoms with van der Waals surface area (Å²) in [6.45, 7) is 3.95. The second-order valence-electron chi connectivity index (χ2n) is 10.7. The molecule has 8 heteroatoms. The lowest BCUT2D eigenvalue weighted by Crippen LogP contribution is -2.55. The third kappa shape index (κ3) is 6.88. The minimum absolute atomic E-state index is 0.117. The summed E-state index contributed by atoms with van der Waals surface area (Å²) in [6, 6.07) is 22.0. The standard InChI is InChI=1S/C33H36FN3O4/c1-2-41-17-15-24-8-10-26(11-9-24)21-35-22-27-12-13-29(34)19-28(27)23-37(32(35)38)30-14-16-36(33(39)40)31(20-30)18-25-6-4-3-5-7-25/h3-13,15,17,19,30-31H,2,14,16,18,20-23H2,1H3,(H,39,40)/b17-15+. The highest BCUT2D eigenvalue weighted by molar-refractivity contribution is 5.76. The number of hydrogen-bond donors (Lipinski definition) is 1. The van der Waals surface area contributed by atoms with Gasteiger partial charge in [-0.2, -0.15) is 0 Å². The smallest absolute Gasteiger partial charge is 0.407 e. The van der Waals surface area contributed by atoms with Gasteiger partial charge in [-0.05, 0) is 72.2 Å². The summed E-state index contributed by atoms with van der Waals surface area (Å²) >= 11 is 0. The predicted octanol–water partition coefficient (Wildman–Crippen LogP) is 6.52. The average Bonchev–Trinajstić information content (AvgIpc) is 3.10. The quantitative estimate of drug-likeness (QED) is 0.320. The van der Waals surface area contributed by atoms with Crippen molar-refractivity contribution in [1.82, 2.24) is 14.7 Å². The van der Waals surface area contributed by atoms with Crippen molar-refractivity contribution in [2.75, 3.05) is 13.2 Å². The van der Waals surface area contributed by atoms with Crippen LogP contribution in [0.25, 0.3) is 6.08 Å². The Bertz CT molecular complexity index is 1380. The van der Waals surface area contributed by atoms with Crippen LogP contribution in [0, 0.1) is 5.82 Å². The number of rotatable bonds is 8. The molecule has 41 heavy (non-hydrogen) atoms. The van der Waals surface area contributed by atoms with Crippen LogP contribution in [0.5, 0.6) is 0 Å². The molecule has 1 saturated heterocycles. The first kappa shape index (κ1) is 28.2. The Hall–Kier alpha value is -4.33. The SMILES string of the molecule is CCO/C=C/c1ccc(CN2Cc3ccc(F)cc3CN(C3CCN(C(=O)O)C(Cc4ccccc4)C3)C2=O)cc1. The number of halogens is 1. The maximum absolute atomic E-state index is 14.3. The fourth-order valence-corrected chi connectivity index (χ4v) is 5.83. The first-order chi connectivity index (χ1) is 19.9. The topological polar surface area (TPSA) is 73.3 Å². The van der Waals surface area contributed by atoms with Crippen LogP contribution < -0.4 is 0 Å². The van der Waals surface area contributed by atoms with Gasteiger partial charge in [0, 0.05) is 38.3 Å². The first-order valence-electron chi connectivity index (χ1n) is 14.1. The van der Waals surface area contributed by atoms with Gasteiger partial charge in [0.2, 0.25) is 0 Å². The molecule has 2 heterocycles. The first-order valence-corrected chi connectivity index (χ1v) is 14.1. The van der Waals surface area contributed by atoms with E-state index in [0.29, 0.717) is 52.0 Å². The minimum atomic E-state index is -0.944. The number of carbonyl (C=O) groups excluding carboxylic acids is 1. The highest BCUT2D eigenvalue weighted by Crippen LogP contribution is 2.31. The van der Waals surface area contributed by atoms with E-state index >= 15 is 0 Å². The van der Waals surface area contributed by atoms with Crippen molar-refractivity contribution in [3.8, 4) is 0 Å². The molecular weight excluding hydrogens is 521 g/mol. The van der Waals surface area contributed by atoms with E-state index in [-0.39, 0.29) is 23.9 Å². The van der Waals surface area contributed by atoms with Gasteiger partial charge in [-0.3, -0.25) is 0 Å². The number of ether oxygens (including phenoxy) is 1. The Balaban J connectivity index is 1.39. The molecular formula is C33H36FN3O4. The number of urea groups is 1. The molecule has 3 amide bonds. The maximum atomic E-state index is 14.3. The number of hydrogen-bond acceptors (Lipinski definition) is 3. The normalized spacial score (nSPS) is 19.3. The summed E-state index contributed by atoms with van der Waals surface area (Å²) in [5.41, 5.74) is 4.75. The second kappa shape index (κ2) is 12.9. The number of piperidine rings is 1. The molecule has 0 bridgehead atoms. The van der Waals surface area contributed by atoms with Crippen LogP contribution in [0.1, 0.15) is 47.6 Å². The van der Waals surface area contributed by atoms with Gasteiger partial charge in [0.05, 0.1) is 12.9 Å². The number of fused-ring (bicyclic) bond motifs is 1. The zero-order chi connectivity index (χ0) is 28.8. The lowest BCUT2D eigenvalue weighted by atomic mass is 9.91. The van der Waals surface area contributed by atoms with Crippen LogP contribution in [0.4, 0.5) is 14.0 Å². The van der Waals surface area contributed by atoms with Gasteiger partial charge in [0.15, 0.2) is 0 Å². The van der Waals surface area contributed by atoms with Crippen LogP contribution in [-0.4, -0.2) is 57.2 Å². The molecule has 1 N–H and O–H groups in total. The Morgan fingerprint density at radius 3 is 2.54 bits per heavy atom. The predicted molar refractivity (Wildman–Crippen MR) is 155 cm³/mol. The van der Waals surface area contributed by atoms with Crippen molar-refractivity contribution in [1.29, 1.82) is 0 Å². The fraction of sp³-hybridized carbons (Fsp3) is 0.333. The molecule has 214 valence electrons. The van der Waals surface area contributed by atoms with E-state index in [1.165, 1.54) is 17.0 Å². The van der Waals surface area contributed by atoms with E-state index in [9.17, 15) is 19.1 Å². The molecule has 2 aliphatic heterocycles. The van der Waals surface area contributed by atoms with Crippen molar-refractivity contribution < 1.29 is 23.8 Å². The minimum Gasteiger partial charge on any atom is -0.501 e. The third-order valence-electron chi connectivity index (χ3n) is 7.95. The number of nitrogens with zero attached hydrogens (tertiary/aromatic N) is 3. The molecule has 2 aliphatic rings. The van der Waals surface area contributed by atoms with Crippen LogP contribution in [-0.2, 0) is 30.8 Å². The van der Waals surface area contributed by atoms with Crippen LogP contribution in [0.15, 0.2) is 79.1 Å². The number of carbonyl (C=O) groups is 2. The molecule has 2 unspecified atom stereocenters. The number of amides is 3. The van der Waals surface area contributed by atoms with Gasteiger partial charge in [-0.25, -0.2) is 14.0 Å². The molecule has 0 radical (unpaired) electrons. The lowest BCUT2D eigenvalue weighted by molar-refractivity contribution is 0.0614. The lowest BCUT2D eigenvalue weighted by Gasteiger charge is -2.43. The number of carboxylic acid groups (broad SMARTS) is 1. The molecule has 0 aromatic heterocycles. The molecule has 3 aromatic carbocycles. The Morgan fingerprint density at radius 1 is 1.02 bits per heavy atom. The molecule has 2 atom stereocenters. The van der Waals surface area contributed by atoms with Gasteiger partial charge < -0.3 is 24.5 Å². The van der Waals surface area contributed by atoms with Gasteiger partial charge in [-0.15, -0.1) is 0 Å². The number of likely N-dealkylation sites (tertiary alicyclic amines) is 1. The number of benzene rings is 3. The van der Waals surface area contributed by atoms with Crippen molar-refractivity contribution in [3.63, 3.8) is 0 Å². The average molecular weight is 558 g/mol. The largest absolute Gasteiger partial charge is 0.501 e. The van der Waals surface area contributed by atoms with Gasteiger partial charge in [0.25, 0.3) is 0 Å². The molecule has 7 nitrogen and oxygen atoms in total. The fourth-order valence-electron chi connectivity index (χ4n) is 5.83. The van der Waals surface area contributed by atoms with E-state index in [1.54, 1.807) is 12.3 Å². The van der Waals surface area contributed by atoms with Crippen molar-refractivity contribution in [2.24, 2.45) is 0 Å². The summed E-state index contributed by atoms with van der Waals surface area (Å²) in [6.07, 6.45) is 4.24. The van der Waals surface area contributed by atoms with E-state index in [1.807, 2.05) is 77.4 Å². The highest BCUT2D eigenvalue weighted by Gasteiger charge is 2.38. The molecule has 3 aromatic rings. The molecule has 0 aliphatic carbocycles. The Morgan fingerprint density at radius 2 is 1.80 bits per heavy atom. The van der Waals surface area contributed by atoms with Crippen molar-refractivity contribution in [2.45, 2.75) is 57.9 Å². The summed E-state index contributed by atoms with van der Waals surface area (Å²) < 4.78 is 19.6. The second-order valence-corrected chi connectivity index (χ2v) is 10.7. The zero-order valence-corrected chi connectivity index (χ0v) is 23.3. The molecule has 5 rings (SSSR count). The van der Waals surface area contributed by atoms with Gasteiger partial charge >= 0.3 is 12.1 Å². The highest BCUT2D eigenvalue weighted by atomic mass is 19.1. The van der Waals surface area contributed by atoms with Crippen LogP contribution in [0.2, 0.25) is 0 Å². The van der Waals surface area contributed by atoms with E-state index in [0.717, 1.165) is 27.8 Å². The van der Waals surface area contributed by atoms with Crippen molar-refractivity contribution in [3.05, 3.63) is 113 Å². The third-order valence-corrected chi connectivity index (χ3v) is 7.95. The van der Waals surface area contributed by atoms with Gasteiger partial charge in [0.1, 0.15) is 5.82 Å². The summed E-state index contributed by atoms with van der Waals surface area (Å²) in [4.78, 5) is 31.4. The molecule has 0 spiro atoms. The van der Waals surface area contributed by atoms with E-state index in [4.69, 9.17) is 4.74 Å². The van der Waals surface area contributed by atoms with E-state index in [2.05, 4.69) is 0 Å². The summed E-state index contributed by atoms with van der Waals surface area (Å²) in [7, 11) is 0. The van der Waals surface area contributed by atoms with Crippen LogP contribution >= 0.6 is 0 Å². The van der Waals surface area contributed by atoms with Crippen molar-refractivity contribution >= 4 is 18.2 Å². The van der Waals surface area contributed by atoms with Gasteiger partial charge in [-0.1, -0.05) is 60.7 Å². The summed E-state index contributed by atoms with van der Waals surface area (Å²) in [5.74, 6) is -0.331. The van der Waals surface area contributed by atoms with Crippen LogP contribution in [0.3, 0.4) is 0 Å².